The lowest BCUT2D eigenvalue weighted by Crippen LogP contribution is -2.44. The molecule has 1 unspecified atom stereocenters. The van der Waals surface area contributed by atoms with Crippen LogP contribution in [0.2, 0.25) is 0 Å². The lowest BCUT2D eigenvalue weighted by molar-refractivity contribution is -0.384. The highest BCUT2D eigenvalue weighted by atomic mass is 16.6. The number of piperidine rings is 1. The number of amides is 3. The smallest absolute Gasteiger partial charge is 0.339 e. The maximum Gasteiger partial charge on any atom is 0.339 e. The molecule has 29 heavy (non-hydrogen) atoms. The number of nitrogens with one attached hydrogen (secondary N) is 2. The number of carbonyl (C=O) groups excluding carboxylic acids is 3. The number of rotatable bonds is 6. The Morgan fingerprint density at radius 2 is 1.97 bits per heavy atom. The summed E-state index contributed by atoms with van der Waals surface area (Å²) in [5.74, 6) is -1.10. The summed E-state index contributed by atoms with van der Waals surface area (Å²) in [4.78, 5) is 48.6. The molecule has 2 N–H and O–H groups in total. The van der Waals surface area contributed by atoms with Gasteiger partial charge in [-0.3, -0.25) is 20.2 Å². The first-order valence-corrected chi connectivity index (χ1v) is 9.56. The molecule has 0 spiro atoms. The van der Waals surface area contributed by atoms with Gasteiger partial charge in [-0.1, -0.05) is 6.92 Å². The van der Waals surface area contributed by atoms with E-state index >= 15 is 0 Å². The quantitative estimate of drug-likeness (QED) is 0.421. The van der Waals surface area contributed by atoms with Crippen LogP contribution in [0.5, 0.6) is 0 Å². The minimum absolute atomic E-state index is 0.0384. The molecule has 2 rings (SSSR count). The van der Waals surface area contributed by atoms with Gasteiger partial charge in [0.15, 0.2) is 6.10 Å². The molecule has 1 aliphatic rings. The van der Waals surface area contributed by atoms with Crippen molar-refractivity contribution in [3.8, 4) is 0 Å². The largest absolute Gasteiger partial charge is 0.449 e. The fraction of sp³-hybridized carbons (Fsp3) is 0.526. The van der Waals surface area contributed by atoms with Crippen molar-refractivity contribution in [2.24, 2.45) is 5.92 Å². The molecule has 0 aromatic heterocycles. The molecule has 10 heteroatoms. The van der Waals surface area contributed by atoms with Crippen molar-refractivity contribution in [2.75, 3.05) is 24.5 Å². The van der Waals surface area contributed by atoms with E-state index in [1.165, 1.54) is 19.1 Å². The Morgan fingerprint density at radius 3 is 2.55 bits per heavy atom. The number of urea groups is 1. The van der Waals surface area contributed by atoms with Gasteiger partial charge in [0.1, 0.15) is 5.69 Å². The van der Waals surface area contributed by atoms with Crippen LogP contribution < -0.4 is 15.5 Å². The van der Waals surface area contributed by atoms with E-state index in [1.807, 2.05) is 10.2 Å². The second kappa shape index (κ2) is 9.85. The van der Waals surface area contributed by atoms with E-state index in [-0.39, 0.29) is 11.3 Å². The Bertz CT molecular complexity index is 789. The highest BCUT2D eigenvalue weighted by Crippen LogP contribution is 2.32. The fourth-order valence-electron chi connectivity index (χ4n) is 3.01. The zero-order valence-electron chi connectivity index (χ0n) is 16.8. The van der Waals surface area contributed by atoms with Gasteiger partial charge in [0.2, 0.25) is 0 Å². The van der Waals surface area contributed by atoms with Crippen LogP contribution in [-0.4, -0.2) is 48.6 Å². The van der Waals surface area contributed by atoms with Gasteiger partial charge in [0, 0.05) is 25.7 Å². The van der Waals surface area contributed by atoms with Gasteiger partial charge in [-0.05, 0) is 44.7 Å². The van der Waals surface area contributed by atoms with Gasteiger partial charge in [-0.25, -0.2) is 9.59 Å². The Labute approximate surface area is 168 Å². The Hall–Kier alpha value is -3.17. The minimum Gasteiger partial charge on any atom is -0.449 e. The van der Waals surface area contributed by atoms with Crippen LogP contribution >= 0.6 is 0 Å². The van der Waals surface area contributed by atoms with Crippen LogP contribution in [0.15, 0.2) is 18.2 Å². The van der Waals surface area contributed by atoms with Crippen molar-refractivity contribution in [3.05, 3.63) is 33.9 Å². The summed E-state index contributed by atoms with van der Waals surface area (Å²) in [6.45, 7) is 6.90. The predicted octanol–water partition coefficient (Wildman–Crippen LogP) is 2.22. The third-order valence-corrected chi connectivity index (χ3v) is 4.76. The van der Waals surface area contributed by atoms with Crippen molar-refractivity contribution < 1.29 is 24.0 Å². The van der Waals surface area contributed by atoms with Crippen LogP contribution in [0, 0.1) is 16.0 Å². The molecular weight excluding hydrogens is 380 g/mol. The summed E-state index contributed by atoms with van der Waals surface area (Å²) in [5, 5.41) is 16.0. The van der Waals surface area contributed by atoms with Crippen LogP contribution in [0.1, 0.15) is 44.0 Å². The third kappa shape index (κ3) is 5.90. The second-order valence-electron chi connectivity index (χ2n) is 7.03. The first-order chi connectivity index (χ1) is 13.7. The molecule has 1 atom stereocenters. The molecule has 1 fully saturated rings. The van der Waals surface area contributed by atoms with E-state index in [4.69, 9.17) is 4.74 Å². The molecule has 1 aromatic carbocycles. The van der Waals surface area contributed by atoms with E-state index in [0.29, 0.717) is 31.2 Å². The first kappa shape index (κ1) is 22.1. The number of imide groups is 1. The zero-order valence-corrected chi connectivity index (χ0v) is 16.8. The summed E-state index contributed by atoms with van der Waals surface area (Å²) in [7, 11) is 0. The number of ether oxygens (including phenoxy) is 1. The van der Waals surface area contributed by atoms with Crippen molar-refractivity contribution in [1.82, 2.24) is 10.6 Å². The molecule has 1 aromatic rings. The lowest BCUT2D eigenvalue weighted by atomic mass is 9.98. The molecule has 3 amide bonds. The van der Waals surface area contributed by atoms with E-state index in [1.54, 1.807) is 6.92 Å². The maximum atomic E-state index is 12.3. The standard InChI is InChI=1S/C19H26N4O6/c1-4-20-19(26)21-17(24)13(3)29-18(25)14-5-6-15(16(11-14)23(27)28)22-9-7-12(2)8-10-22/h5-6,11-13H,4,7-10H2,1-3H3,(H2,20,21,24,26). The predicted molar refractivity (Wildman–Crippen MR) is 106 cm³/mol. The lowest BCUT2D eigenvalue weighted by Gasteiger charge is -2.31. The van der Waals surface area contributed by atoms with E-state index < -0.39 is 28.9 Å². The molecule has 0 radical (unpaired) electrons. The van der Waals surface area contributed by atoms with Crippen LogP contribution in [0.25, 0.3) is 0 Å². The second-order valence-corrected chi connectivity index (χ2v) is 7.03. The summed E-state index contributed by atoms with van der Waals surface area (Å²) >= 11 is 0. The van der Waals surface area contributed by atoms with Crippen molar-refractivity contribution >= 4 is 29.3 Å². The highest BCUT2D eigenvalue weighted by molar-refractivity contribution is 5.98. The van der Waals surface area contributed by atoms with Gasteiger partial charge in [0.25, 0.3) is 11.6 Å². The molecule has 1 heterocycles. The van der Waals surface area contributed by atoms with Crippen LogP contribution in [0.3, 0.4) is 0 Å². The normalized spacial score (nSPS) is 15.3. The number of esters is 1. The van der Waals surface area contributed by atoms with Crippen LogP contribution in [-0.2, 0) is 9.53 Å². The average Bonchev–Trinajstić information content (AvgIpc) is 2.68. The number of nitrogens with zero attached hydrogens (tertiary/aromatic N) is 2. The fourth-order valence-corrected chi connectivity index (χ4v) is 3.01. The number of benzene rings is 1. The molecule has 158 valence electrons. The van der Waals surface area contributed by atoms with E-state index in [2.05, 4.69) is 12.2 Å². The van der Waals surface area contributed by atoms with Crippen LogP contribution in [0.4, 0.5) is 16.2 Å². The molecule has 10 nitrogen and oxygen atoms in total. The number of nitro groups is 1. The summed E-state index contributed by atoms with van der Waals surface area (Å²) in [5.41, 5.74) is 0.234. The number of nitro benzene ring substituents is 1. The van der Waals surface area contributed by atoms with Crippen molar-refractivity contribution in [3.63, 3.8) is 0 Å². The van der Waals surface area contributed by atoms with E-state index in [9.17, 15) is 24.5 Å². The Morgan fingerprint density at radius 1 is 1.31 bits per heavy atom. The van der Waals surface area contributed by atoms with Crippen molar-refractivity contribution in [2.45, 2.75) is 39.7 Å². The van der Waals surface area contributed by atoms with Gasteiger partial charge < -0.3 is 15.0 Å². The van der Waals surface area contributed by atoms with E-state index in [0.717, 1.165) is 18.9 Å². The molecule has 1 saturated heterocycles. The zero-order chi connectivity index (χ0) is 21.6. The Balaban J connectivity index is 2.10. The molecule has 0 aliphatic carbocycles. The SMILES string of the molecule is CCNC(=O)NC(=O)C(C)OC(=O)c1ccc(N2CCC(C)CC2)c([N+](=O)[O-])c1. The maximum absolute atomic E-state index is 12.3. The topological polar surface area (TPSA) is 131 Å². The van der Waals surface area contributed by atoms with Gasteiger partial charge in [-0.2, -0.15) is 0 Å². The number of hydrogen-bond acceptors (Lipinski definition) is 7. The van der Waals surface area contributed by atoms with Gasteiger partial charge >= 0.3 is 12.0 Å². The molecular formula is C19H26N4O6. The molecule has 0 bridgehead atoms. The molecule has 1 aliphatic heterocycles. The first-order valence-electron chi connectivity index (χ1n) is 9.56. The van der Waals surface area contributed by atoms with Gasteiger partial charge in [-0.15, -0.1) is 0 Å². The third-order valence-electron chi connectivity index (χ3n) is 4.76. The monoisotopic (exact) mass is 406 g/mol. The summed E-state index contributed by atoms with van der Waals surface area (Å²) < 4.78 is 5.04. The number of carbonyl (C=O) groups is 3. The number of anilines is 1. The summed E-state index contributed by atoms with van der Waals surface area (Å²) in [6.07, 6.45) is 0.644. The van der Waals surface area contributed by atoms with Crippen molar-refractivity contribution in [1.29, 1.82) is 0 Å². The average molecular weight is 406 g/mol. The minimum atomic E-state index is -1.24. The summed E-state index contributed by atoms with van der Waals surface area (Å²) in [6, 6.07) is 3.43. The highest BCUT2D eigenvalue weighted by Gasteiger charge is 2.26. The molecule has 0 saturated carbocycles. The van der Waals surface area contributed by atoms with Gasteiger partial charge in [0.05, 0.1) is 10.5 Å². The number of hydrogen-bond donors (Lipinski definition) is 2. The Kier molecular flexibility index (Phi) is 7.52.